The van der Waals surface area contributed by atoms with Crippen LogP contribution in [-0.2, 0) is 4.74 Å². The molecule has 3 nitrogen and oxygen atoms in total. The van der Waals surface area contributed by atoms with Crippen molar-refractivity contribution in [1.82, 2.24) is 5.32 Å². The predicted molar refractivity (Wildman–Crippen MR) is 70.5 cm³/mol. The highest BCUT2D eigenvalue weighted by atomic mass is 16.5. The Labute approximate surface area is 104 Å². The zero-order valence-electron chi connectivity index (χ0n) is 11.0. The van der Waals surface area contributed by atoms with Gasteiger partial charge in [-0.15, -0.1) is 0 Å². The number of ether oxygens (including phenoxy) is 2. The molecule has 0 amide bonds. The van der Waals surface area contributed by atoms with E-state index in [1.807, 2.05) is 19.1 Å². The van der Waals surface area contributed by atoms with Crippen molar-refractivity contribution in [3.63, 3.8) is 0 Å². The molecule has 1 N–H and O–H groups in total. The summed E-state index contributed by atoms with van der Waals surface area (Å²) in [6, 6.07) is 8.64. The lowest BCUT2D eigenvalue weighted by Crippen LogP contribution is -2.22. The quantitative estimate of drug-likeness (QED) is 0.754. The molecular formula is C14H23NO2. The van der Waals surface area contributed by atoms with Crippen molar-refractivity contribution in [3.8, 4) is 5.75 Å². The Morgan fingerprint density at radius 2 is 1.88 bits per heavy atom. The van der Waals surface area contributed by atoms with Crippen molar-refractivity contribution in [2.24, 2.45) is 0 Å². The van der Waals surface area contributed by atoms with Crippen molar-refractivity contribution in [2.75, 3.05) is 26.9 Å². The molecule has 0 bridgehead atoms. The monoisotopic (exact) mass is 237 g/mol. The van der Waals surface area contributed by atoms with Gasteiger partial charge in [-0.1, -0.05) is 19.1 Å². The molecule has 0 saturated carbocycles. The van der Waals surface area contributed by atoms with Crippen molar-refractivity contribution in [1.29, 1.82) is 0 Å². The number of rotatable bonds is 8. The van der Waals surface area contributed by atoms with Gasteiger partial charge in [0, 0.05) is 19.8 Å². The number of hydrogen-bond donors (Lipinski definition) is 1. The van der Waals surface area contributed by atoms with E-state index in [-0.39, 0.29) is 0 Å². The van der Waals surface area contributed by atoms with Crippen LogP contribution in [0.15, 0.2) is 24.3 Å². The minimum absolute atomic E-state index is 0.357. The third-order valence-electron chi connectivity index (χ3n) is 2.65. The summed E-state index contributed by atoms with van der Waals surface area (Å²) in [6.07, 6.45) is 0.984. The molecule has 0 heterocycles. The molecule has 96 valence electrons. The van der Waals surface area contributed by atoms with Crippen LogP contribution in [0.25, 0.3) is 0 Å². The molecule has 0 saturated heterocycles. The molecule has 0 aliphatic heterocycles. The van der Waals surface area contributed by atoms with Crippen molar-refractivity contribution < 1.29 is 9.47 Å². The van der Waals surface area contributed by atoms with Crippen LogP contribution < -0.4 is 10.1 Å². The second-order valence-electron chi connectivity index (χ2n) is 3.89. The van der Waals surface area contributed by atoms with Crippen molar-refractivity contribution >= 4 is 0 Å². The topological polar surface area (TPSA) is 30.5 Å². The van der Waals surface area contributed by atoms with Gasteiger partial charge in [-0.3, -0.25) is 0 Å². The van der Waals surface area contributed by atoms with Gasteiger partial charge in [0.2, 0.25) is 0 Å². The first-order valence-corrected chi connectivity index (χ1v) is 6.26. The third kappa shape index (κ3) is 4.75. The fraction of sp³-hybridized carbons (Fsp3) is 0.571. The highest BCUT2D eigenvalue weighted by Crippen LogP contribution is 2.20. The first-order chi connectivity index (χ1) is 8.31. The van der Waals surface area contributed by atoms with Gasteiger partial charge in [-0.05, 0) is 37.6 Å². The van der Waals surface area contributed by atoms with Crippen LogP contribution in [0.3, 0.4) is 0 Å². The zero-order chi connectivity index (χ0) is 12.5. The van der Waals surface area contributed by atoms with Crippen molar-refractivity contribution in [3.05, 3.63) is 29.8 Å². The highest BCUT2D eigenvalue weighted by molar-refractivity contribution is 5.29. The lowest BCUT2D eigenvalue weighted by Gasteiger charge is -2.18. The second kappa shape index (κ2) is 8.09. The molecule has 1 aromatic carbocycles. The Balaban J connectivity index is 2.65. The summed E-state index contributed by atoms with van der Waals surface area (Å²) in [4.78, 5) is 0. The molecule has 0 radical (unpaired) electrons. The highest BCUT2D eigenvalue weighted by Gasteiger charge is 2.09. The molecule has 0 spiro atoms. The van der Waals surface area contributed by atoms with Gasteiger partial charge in [0.25, 0.3) is 0 Å². The Kier molecular flexibility index (Phi) is 6.67. The maximum Gasteiger partial charge on any atom is 0.119 e. The summed E-state index contributed by atoms with van der Waals surface area (Å²) in [7, 11) is 1.74. The van der Waals surface area contributed by atoms with E-state index in [0.717, 1.165) is 25.3 Å². The van der Waals surface area contributed by atoms with Gasteiger partial charge in [0.15, 0.2) is 0 Å². The number of hydrogen-bond acceptors (Lipinski definition) is 3. The van der Waals surface area contributed by atoms with Gasteiger partial charge in [0.1, 0.15) is 5.75 Å². The van der Waals surface area contributed by atoms with E-state index in [9.17, 15) is 0 Å². The number of nitrogens with one attached hydrogen (secondary N) is 1. The molecule has 1 rings (SSSR count). The Hall–Kier alpha value is -1.06. The molecule has 0 aliphatic rings. The summed E-state index contributed by atoms with van der Waals surface area (Å²) in [5.74, 6) is 0.929. The van der Waals surface area contributed by atoms with Crippen LogP contribution in [0.4, 0.5) is 0 Å². The normalized spacial score (nSPS) is 12.4. The van der Waals surface area contributed by atoms with Gasteiger partial charge < -0.3 is 14.8 Å². The molecule has 0 aliphatic carbocycles. The standard InChI is InChI=1S/C14H23NO2/c1-4-15-14(10-11-16-3)12-6-8-13(9-7-12)17-5-2/h6-9,14-15H,4-5,10-11H2,1-3H3. The molecule has 0 fully saturated rings. The largest absolute Gasteiger partial charge is 0.494 e. The van der Waals surface area contributed by atoms with Crippen LogP contribution in [0.2, 0.25) is 0 Å². The lowest BCUT2D eigenvalue weighted by molar-refractivity contribution is 0.183. The van der Waals surface area contributed by atoms with E-state index in [4.69, 9.17) is 9.47 Å². The second-order valence-corrected chi connectivity index (χ2v) is 3.89. The summed E-state index contributed by atoms with van der Waals surface area (Å²) in [5, 5.41) is 3.46. The molecule has 0 aromatic heterocycles. The van der Waals surface area contributed by atoms with Crippen LogP contribution in [-0.4, -0.2) is 26.9 Å². The maximum atomic E-state index is 5.44. The van der Waals surface area contributed by atoms with Crippen LogP contribution in [0, 0.1) is 0 Å². The molecule has 1 atom stereocenters. The minimum Gasteiger partial charge on any atom is -0.494 e. The molecule has 1 aromatic rings. The molecule has 3 heteroatoms. The Morgan fingerprint density at radius 1 is 1.18 bits per heavy atom. The smallest absolute Gasteiger partial charge is 0.119 e. The lowest BCUT2D eigenvalue weighted by atomic mass is 10.0. The average molecular weight is 237 g/mol. The first kappa shape index (κ1) is 14.0. The maximum absolute atomic E-state index is 5.44. The van der Waals surface area contributed by atoms with E-state index in [1.54, 1.807) is 7.11 Å². The summed E-state index contributed by atoms with van der Waals surface area (Å²) in [6.45, 7) is 6.55. The van der Waals surface area contributed by atoms with Crippen LogP contribution in [0.5, 0.6) is 5.75 Å². The van der Waals surface area contributed by atoms with Gasteiger partial charge in [-0.25, -0.2) is 0 Å². The first-order valence-electron chi connectivity index (χ1n) is 6.26. The summed E-state index contributed by atoms with van der Waals surface area (Å²) < 4.78 is 10.6. The SMILES string of the molecule is CCNC(CCOC)c1ccc(OCC)cc1. The van der Waals surface area contributed by atoms with Gasteiger partial charge in [0.05, 0.1) is 6.61 Å². The van der Waals surface area contributed by atoms with Gasteiger partial charge >= 0.3 is 0 Å². The minimum atomic E-state index is 0.357. The molecule has 1 unspecified atom stereocenters. The van der Waals surface area contributed by atoms with E-state index in [1.165, 1.54) is 5.56 Å². The average Bonchev–Trinajstić information content (AvgIpc) is 2.36. The zero-order valence-corrected chi connectivity index (χ0v) is 11.0. The predicted octanol–water partition coefficient (Wildman–Crippen LogP) is 2.77. The van der Waals surface area contributed by atoms with Crippen LogP contribution >= 0.6 is 0 Å². The van der Waals surface area contributed by atoms with Gasteiger partial charge in [-0.2, -0.15) is 0 Å². The number of benzene rings is 1. The Morgan fingerprint density at radius 3 is 2.41 bits per heavy atom. The fourth-order valence-electron chi connectivity index (χ4n) is 1.83. The van der Waals surface area contributed by atoms with Crippen molar-refractivity contribution in [2.45, 2.75) is 26.3 Å². The molecular weight excluding hydrogens is 214 g/mol. The number of methoxy groups -OCH3 is 1. The van der Waals surface area contributed by atoms with E-state index < -0.39 is 0 Å². The molecule has 17 heavy (non-hydrogen) atoms. The summed E-state index contributed by atoms with van der Waals surface area (Å²) in [5.41, 5.74) is 1.28. The van der Waals surface area contributed by atoms with E-state index in [2.05, 4.69) is 24.4 Å². The van der Waals surface area contributed by atoms with E-state index in [0.29, 0.717) is 12.6 Å². The van der Waals surface area contributed by atoms with E-state index >= 15 is 0 Å². The van der Waals surface area contributed by atoms with Crippen LogP contribution in [0.1, 0.15) is 31.9 Å². The third-order valence-corrected chi connectivity index (χ3v) is 2.65. The Bertz CT molecular complexity index is 298. The summed E-state index contributed by atoms with van der Waals surface area (Å²) >= 11 is 0. The fourth-order valence-corrected chi connectivity index (χ4v) is 1.83.